The lowest BCUT2D eigenvalue weighted by atomic mass is 9.57. The van der Waals surface area contributed by atoms with Crippen LogP contribution in [0.1, 0.15) is 30.9 Å². The van der Waals surface area contributed by atoms with Crippen molar-refractivity contribution in [3.63, 3.8) is 0 Å². The molecule has 0 radical (unpaired) electrons. The van der Waals surface area contributed by atoms with Crippen LogP contribution in [0, 0.1) is 17.3 Å². The molecule has 3 aliphatic carbocycles. The zero-order valence-corrected chi connectivity index (χ0v) is 14.0. The number of aliphatic hydroxyl groups is 2. The second-order valence-electron chi connectivity index (χ2n) is 7.04. The molecule has 0 bridgehead atoms. The van der Waals surface area contributed by atoms with Crippen molar-refractivity contribution in [3.8, 4) is 5.75 Å². The van der Waals surface area contributed by atoms with Crippen LogP contribution in [0.4, 0.5) is 0 Å². The number of benzene rings is 1. The molecule has 1 aromatic carbocycles. The van der Waals surface area contributed by atoms with Gasteiger partial charge in [-0.15, -0.1) is 0 Å². The van der Waals surface area contributed by atoms with Gasteiger partial charge in [-0.1, -0.05) is 19.1 Å². The summed E-state index contributed by atoms with van der Waals surface area (Å²) < 4.78 is 5.31. The molecular formula is C20H22O4. The number of carbonyl (C=O) groups is 1. The highest BCUT2D eigenvalue weighted by atomic mass is 16.5. The van der Waals surface area contributed by atoms with Crippen LogP contribution in [0.5, 0.6) is 5.75 Å². The number of carbonyl (C=O) groups excluding carboxylic acids is 1. The van der Waals surface area contributed by atoms with Gasteiger partial charge in [0.25, 0.3) is 0 Å². The molecule has 2 N–H and O–H groups in total. The van der Waals surface area contributed by atoms with Gasteiger partial charge in [0.2, 0.25) is 5.78 Å². The highest BCUT2D eigenvalue weighted by Gasteiger charge is 2.59. The van der Waals surface area contributed by atoms with E-state index in [2.05, 4.69) is 0 Å². The Kier molecular flexibility index (Phi) is 3.36. The van der Waals surface area contributed by atoms with Gasteiger partial charge in [0.1, 0.15) is 5.75 Å². The first kappa shape index (κ1) is 15.5. The number of hydrogen-bond donors (Lipinski definition) is 2. The average molecular weight is 326 g/mol. The maximum Gasteiger partial charge on any atom is 0.206 e. The van der Waals surface area contributed by atoms with Gasteiger partial charge in [-0.05, 0) is 60.1 Å². The van der Waals surface area contributed by atoms with Gasteiger partial charge in [0.15, 0.2) is 5.76 Å². The molecule has 4 atom stereocenters. The van der Waals surface area contributed by atoms with Crippen LogP contribution in [-0.4, -0.2) is 29.2 Å². The van der Waals surface area contributed by atoms with E-state index < -0.39 is 11.5 Å². The van der Waals surface area contributed by atoms with E-state index in [1.165, 1.54) is 5.56 Å². The van der Waals surface area contributed by atoms with Crippen LogP contribution in [0.25, 0.3) is 5.57 Å². The van der Waals surface area contributed by atoms with Gasteiger partial charge in [-0.2, -0.15) is 0 Å². The van der Waals surface area contributed by atoms with Crippen molar-refractivity contribution in [3.05, 3.63) is 47.2 Å². The molecule has 24 heavy (non-hydrogen) atoms. The molecular weight excluding hydrogens is 304 g/mol. The topological polar surface area (TPSA) is 66.8 Å². The third-order valence-electron chi connectivity index (χ3n) is 6.22. The fourth-order valence-corrected chi connectivity index (χ4v) is 4.95. The summed E-state index contributed by atoms with van der Waals surface area (Å²) >= 11 is 0. The number of methoxy groups -OCH3 is 1. The SMILES string of the molecule is CC[C@@]12C(=O)C(O)=C[C@@H]1[C@@H]1CCc3cc(OC)ccc3C1=C[C@@H]2O. The van der Waals surface area contributed by atoms with E-state index in [1.54, 1.807) is 13.2 Å². The maximum absolute atomic E-state index is 12.6. The van der Waals surface area contributed by atoms with E-state index in [4.69, 9.17) is 4.74 Å². The Labute approximate surface area is 141 Å². The molecule has 0 amide bonds. The van der Waals surface area contributed by atoms with Crippen LogP contribution in [0.3, 0.4) is 0 Å². The van der Waals surface area contributed by atoms with Gasteiger partial charge in [-0.25, -0.2) is 0 Å². The summed E-state index contributed by atoms with van der Waals surface area (Å²) in [7, 11) is 1.66. The Morgan fingerprint density at radius 3 is 2.83 bits per heavy atom. The summed E-state index contributed by atoms with van der Waals surface area (Å²) in [6.07, 6.45) is 4.99. The average Bonchev–Trinajstić information content (AvgIpc) is 2.87. The van der Waals surface area contributed by atoms with E-state index in [0.717, 1.165) is 29.7 Å². The van der Waals surface area contributed by atoms with Gasteiger partial charge < -0.3 is 14.9 Å². The van der Waals surface area contributed by atoms with Gasteiger partial charge in [0, 0.05) is 5.92 Å². The van der Waals surface area contributed by atoms with Gasteiger partial charge in [0.05, 0.1) is 18.6 Å². The molecule has 0 fully saturated rings. The first-order valence-electron chi connectivity index (χ1n) is 8.55. The molecule has 0 aliphatic heterocycles. The minimum atomic E-state index is -0.901. The summed E-state index contributed by atoms with van der Waals surface area (Å²) in [5, 5.41) is 20.9. The molecule has 1 aromatic rings. The van der Waals surface area contributed by atoms with E-state index in [1.807, 2.05) is 31.2 Å². The van der Waals surface area contributed by atoms with Crippen molar-refractivity contribution in [2.75, 3.05) is 7.11 Å². The maximum atomic E-state index is 12.6. The molecule has 3 aliphatic rings. The summed E-state index contributed by atoms with van der Waals surface area (Å²) in [5.74, 6) is 0.359. The highest BCUT2D eigenvalue weighted by Crippen LogP contribution is 2.57. The summed E-state index contributed by atoms with van der Waals surface area (Å²) in [6, 6.07) is 6.02. The van der Waals surface area contributed by atoms with Crippen molar-refractivity contribution in [2.45, 2.75) is 32.3 Å². The van der Waals surface area contributed by atoms with Crippen LogP contribution in [0.15, 0.2) is 36.1 Å². The molecule has 0 unspecified atom stereocenters. The predicted octanol–water partition coefficient (Wildman–Crippen LogP) is 3.05. The van der Waals surface area contributed by atoms with Crippen molar-refractivity contribution in [2.24, 2.45) is 17.3 Å². The fourth-order valence-electron chi connectivity index (χ4n) is 4.95. The standard InChI is InChI=1S/C20H22O4/c1-3-20-16(10-17(21)19(20)23)14-6-4-11-8-12(24-2)5-7-13(11)15(14)9-18(20)22/h5,7-10,14,16,18,21-22H,3-4,6H2,1-2H3/t14-,16-,18+,20-/m1/s1. The highest BCUT2D eigenvalue weighted by molar-refractivity contribution is 6.02. The van der Waals surface area contributed by atoms with Crippen LogP contribution < -0.4 is 4.74 Å². The van der Waals surface area contributed by atoms with E-state index in [0.29, 0.717) is 6.42 Å². The Morgan fingerprint density at radius 1 is 1.33 bits per heavy atom. The number of aryl methyl sites for hydroxylation is 1. The van der Waals surface area contributed by atoms with E-state index in [9.17, 15) is 15.0 Å². The van der Waals surface area contributed by atoms with E-state index >= 15 is 0 Å². The monoisotopic (exact) mass is 326 g/mol. The second-order valence-corrected chi connectivity index (χ2v) is 7.04. The fraction of sp³-hybridized carbons (Fsp3) is 0.450. The molecule has 4 heteroatoms. The predicted molar refractivity (Wildman–Crippen MR) is 90.7 cm³/mol. The number of ketones is 1. The molecule has 4 nitrogen and oxygen atoms in total. The lowest BCUT2D eigenvalue weighted by molar-refractivity contribution is -0.135. The van der Waals surface area contributed by atoms with Crippen molar-refractivity contribution >= 4 is 11.4 Å². The molecule has 0 saturated heterocycles. The Morgan fingerprint density at radius 2 is 2.12 bits per heavy atom. The molecule has 0 saturated carbocycles. The van der Waals surface area contributed by atoms with Crippen LogP contribution in [-0.2, 0) is 11.2 Å². The van der Waals surface area contributed by atoms with Gasteiger partial charge in [-0.3, -0.25) is 4.79 Å². The Balaban J connectivity index is 1.86. The first-order valence-corrected chi connectivity index (χ1v) is 8.55. The number of hydrogen-bond acceptors (Lipinski definition) is 4. The first-order chi connectivity index (χ1) is 11.5. The van der Waals surface area contributed by atoms with Crippen molar-refractivity contribution in [1.29, 1.82) is 0 Å². The number of Topliss-reactive ketones (excluding diaryl/α,β-unsaturated/α-hetero) is 1. The second kappa shape index (κ2) is 5.21. The molecule has 0 heterocycles. The third-order valence-corrected chi connectivity index (χ3v) is 6.22. The summed E-state index contributed by atoms with van der Waals surface area (Å²) in [5.41, 5.74) is 2.54. The third kappa shape index (κ3) is 1.80. The number of rotatable bonds is 2. The Hall–Kier alpha value is -2.07. The number of aliphatic hydroxyl groups excluding tert-OH is 2. The summed E-state index contributed by atoms with van der Waals surface area (Å²) in [6.45, 7) is 1.92. The Bertz CT molecular complexity index is 776. The van der Waals surface area contributed by atoms with Crippen LogP contribution >= 0.6 is 0 Å². The largest absolute Gasteiger partial charge is 0.505 e. The lowest BCUT2D eigenvalue weighted by Crippen LogP contribution is -2.49. The quantitative estimate of drug-likeness (QED) is 0.876. The minimum absolute atomic E-state index is 0.139. The number of fused-ring (bicyclic) bond motifs is 5. The summed E-state index contributed by atoms with van der Waals surface area (Å²) in [4.78, 5) is 12.6. The van der Waals surface area contributed by atoms with Gasteiger partial charge >= 0.3 is 0 Å². The minimum Gasteiger partial charge on any atom is -0.505 e. The molecule has 0 aromatic heterocycles. The normalized spacial score (nSPS) is 34.0. The zero-order valence-electron chi connectivity index (χ0n) is 14.0. The molecule has 4 rings (SSSR count). The lowest BCUT2D eigenvalue weighted by Gasteiger charge is -2.46. The van der Waals surface area contributed by atoms with Crippen LogP contribution in [0.2, 0.25) is 0 Å². The van der Waals surface area contributed by atoms with E-state index in [-0.39, 0.29) is 23.4 Å². The number of ether oxygens (including phenoxy) is 1. The molecule has 0 spiro atoms. The molecule has 126 valence electrons. The van der Waals surface area contributed by atoms with Crippen molar-refractivity contribution < 1.29 is 19.7 Å². The smallest absolute Gasteiger partial charge is 0.206 e. The number of allylic oxidation sites excluding steroid dienone is 3. The zero-order chi connectivity index (χ0) is 17.1. The van der Waals surface area contributed by atoms with Crippen molar-refractivity contribution in [1.82, 2.24) is 0 Å².